The maximum atomic E-state index is 13.5. The number of carbonyl (C=O) groups is 1. The molecule has 0 amide bonds. The second-order valence-electron chi connectivity index (χ2n) is 5.46. The summed E-state index contributed by atoms with van der Waals surface area (Å²) in [6.45, 7) is 3.48. The maximum Gasteiger partial charge on any atom is 0.381 e. The number of aryl methyl sites for hydroxylation is 2. The lowest BCUT2D eigenvalue weighted by Crippen LogP contribution is -2.08. The summed E-state index contributed by atoms with van der Waals surface area (Å²) in [5.41, 5.74) is 1.80. The molecular weight excluding hydrogens is 341 g/mol. The average Bonchev–Trinajstić information content (AvgIpc) is 3.09. The van der Waals surface area contributed by atoms with Crippen molar-refractivity contribution in [3.05, 3.63) is 65.3 Å². The number of ether oxygens (including phenoxy) is 1. The van der Waals surface area contributed by atoms with Crippen LogP contribution in [0.1, 0.15) is 21.7 Å². The first kappa shape index (κ1) is 17.3. The quantitative estimate of drug-likeness (QED) is 0.413. The van der Waals surface area contributed by atoms with Crippen LogP contribution in [0.4, 0.5) is 16.1 Å². The Bertz CT molecular complexity index is 975. The molecule has 8 heteroatoms. The van der Waals surface area contributed by atoms with Gasteiger partial charge in [-0.25, -0.2) is 9.18 Å². The molecule has 2 aromatic carbocycles. The van der Waals surface area contributed by atoms with Gasteiger partial charge in [0.1, 0.15) is 5.75 Å². The van der Waals surface area contributed by atoms with Crippen molar-refractivity contribution in [3.8, 4) is 11.5 Å². The van der Waals surface area contributed by atoms with E-state index >= 15 is 0 Å². The van der Waals surface area contributed by atoms with E-state index in [0.717, 1.165) is 6.20 Å². The lowest BCUT2D eigenvalue weighted by Gasteiger charge is -2.03. The van der Waals surface area contributed by atoms with E-state index in [-0.39, 0.29) is 23.3 Å². The Morgan fingerprint density at radius 3 is 2.58 bits per heavy atom. The van der Waals surface area contributed by atoms with E-state index in [1.165, 1.54) is 24.3 Å². The van der Waals surface area contributed by atoms with Crippen LogP contribution in [0, 0.1) is 19.7 Å². The van der Waals surface area contributed by atoms with E-state index in [9.17, 15) is 14.3 Å². The summed E-state index contributed by atoms with van der Waals surface area (Å²) in [7, 11) is 0. The number of carbonyl (C=O) groups excluding carboxylic acids is 1. The first-order chi connectivity index (χ1) is 12.4. The van der Waals surface area contributed by atoms with Gasteiger partial charge in [0, 0.05) is 0 Å². The van der Waals surface area contributed by atoms with Crippen LogP contribution in [0.15, 0.2) is 57.2 Å². The van der Waals surface area contributed by atoms with E-state index < -0.39 is 11.8 Å². The number of phenols is 1. The predicted octanol–water partition coefficient (Wildman–Crippen LogP) is 4.77. The normalized spacial score (nSPS) is 11.0. The Labute approximate surface area is 147 Å². The second-order valence-corrected chi connectivity index (χ2v) is 5.46. The Hall–Kier alpha value is -3.55. The van der Waals surface area contributed by atoms with Gasteiger partial charge in [-0.2, -0.15) is 4.98 Å². The molecule has 26 heavy (non-hydrogen) atoms. The van der Waals surface area contributed by atoms with Crippen LogP contribution in [0.2, 0.25) is 0 Å². The van der Waals surface area contributed by atoms with E-state index in [1.807, 2.05) is 0 Å². The fourth-order valence-corrected chi connectivity index (χ4v) is 2.17. The van der Waals surface area contributed by atoms with Crippen molar-refractivity contribution >= 4 is 17.7 Å². The van der Waals surface area contributed by atoms with Gasteiger partial charge >= 0.3 is 12.0 Å². The molecule has 1 N–H and O–H groups in total. The van der Waals surface area contributed by atoms with Crippen molar-refractivity contribution in [2.75, 3.05) is 0 Å². The fourth-order valence-electron chi connectivity index (χ4n) is 2.17. The molecule has 0 atom stereocenters. The number of phenolic OH excluding ortho intramolecular Hbond substituents is 1. The van der Waals surface area contributed by atoms with Crippen LogP contribution < -0.4 is 4.74 Å². The van der Waals surface area contributed by atoms with Crippen LogP contribution in [-0.2, 0) is 0 Å². The number of hydrogen-bond acceptors (Lipinski definition) is 7. The van der Waals surface area contributed by atoms with Crippen LogP contribution >= 0.6 is 0 Å². The Balaban J connectivity index is 1.73. The smallest absolute Gasteiger partial charge is 0.381 e. The van der Waals surface area contributed by atoms with Crippen LogP contribution in [0.3, 0.4) is 0 Å². The molecule has 3 rings (SSSR count). The molecule has 132 valence electrons. The van der Waals surface area contributed by atoms with Gasteiger partial charge in [0.2, 0.25) is 5.76 Å². The van der Waals surface area contributed by atoms with Gasteiger partial charge in [0.15, 0.2) is 11.6 Å². The highest BCUT2D eigenvalue weighted by Crippen LogP contribution is 2.28. The Morgan fingerprint density at radius 2 is 1.88 bits per heavy atom. The average molecular weight is 355 g/mol. The van der Waals surface area contributed by atoms with Gasteiger partial charge in [-0.3, -0.25) is 0 Å². The zero-order chi connectivity index (χ0) is 18.7. The summed E-state index contributed by atoms with van der Waals surface area (Å²) in [4.78, 5) is 15.8. The number of aromatic nitrogens is 1. The first-order valence-corrected chi connectivity index (χ1v) is 7.58. The topological polar surface area (TPSA) is 97.3 Å². The SMILES string of the molecule is Cc1cc(N=Nc2ncc(C(=O)Oc3ccccc3F)o2)cc(C)c1O. The molecule has 7 nitrogen and oxygen atoms in total. The monoisotopic (exact) mass is 355 g/mol. The van der Waals surface area contributed by atoms with Crippen molar-refractivity contribution in [3.63, 3.8) is 0 Å². The summed E-state index contributed by atoms with van der Waals surface area (Å²) in [6.07, 6.45) is 1.12. The minimum atomic E-state index is -0.902. The molecule has 1 aromatic heterocycles. The van der Waals surface area contributed by atoms with Crippen molar-refractivity contribution < 1.29 is 23.4 Å². The van der Waals surface area contributed by atoms with Gasteiger partial charge in [-0.05, 0) is 49.2 Å². The van der Waals surface area contributed by atoms with Gasteiger partial charge in [-0.1, -0.05) is 17.2 Å². The number of nitrogens with zero attached hydrogens (tertiary/aromatic N) is 3. The summed E-state index contributed by atoms with van der Waals surface area (Å²) in [5.74, 6) is -1.83. The molecule has 0 aliphatic heterocycles. The molecule has 0 bridgehead atoms. The van der Waals surface area contributed by atoms with E-state index in [1.54, 1.807) is 26.0 Å². The standard InChI is InChI=1S/C18H14FN3O4/c1-10-7-12(8-11(2)16(10)23)21-22-18-20-9-15(26-18)17(24)25-14-6-4-3-5-13(14)19/h3-9,23H,1-2H3. The highest BCUT2D eigenvalue weighted by Gasteiger charge is 2.16. The maximum absolute atomic E-state index is 13.5. The lowest BCUT2D eigenvalue weighted by atomic mass is 10.1. The Kier molecular flexibility index (Phi) is 4.74. The number of hydrogen-bond donors (Lipinski definition) is 1. The fraction of sp³-hybridized carbons (Fsp3) is 0.111. The van der Waals surface area contributed by atoms with Crippen LogP contribution in [0.5, 0.6) is 11.5 Å². The second kappa shape index (κ2) is 7.14. The zero-order valence-corrected chi connectivity index (χ0v) is 13.9. The molecule has 0 fully saturated rings. The molecule has 0 saturated carbocycles. The molecule has 0 radical (unpaired) electrons. The summed E-state index contributed by atoms with van der Waals surface area (Å²) in [6, 6.07) is 8.63. The molecule has 0 aliphatic carbocycles. The van der Waals surface area contributed by atoms with Crippen molar-refractivity contribution in [2.45, 2.75) is 13.8 Å². The number of esters is 1. The minimum absolute atomic E-state index is 0.158. The third kappa shape index (κ3) is 3.75. The lowest BCUT2D eigenvalue weighted by molar-refractivity contribution is 0.0695. The molecule has 0 saturated heterocycles. The Morgan fingerprint density at radius 1 is 1.19 bits per heavy atom. The van der Waals surface area contributed by atoms with Gasteiger partial charge < -0.3 is 14.3 Å². The molecule has 0 unspecified atom stereocenters. The number of oxazole rings is 1. The zero-order valence-electron chi connectivity index (χ0n) is 13.9. The first-order valence-electron chi connectivity index (χ1n) is 7.58. The molecule has 0 aliphatic rings. The van der Waals surface area contributed by atoms with E-state index in [4.69, 9.17) is 9.15 Å². The van der Waals surface area contributed by atoms with Gasteiger partial charge in [0.25, 0.3) is 0 Å². The number of halogens is 1. The predicted molar refractivity (Wildman–Crippen MR) is 89.6 cm³/mol. The largest absolute Gasteiger partial charge is 0.507 e. The van der Waals surface area contributed by atoms with Crippen LogP contribution in [0.25, 0.3) is 0 Å². The van der Waals surface area contributed by atoms with Gasteiger partial charge in [-0.15, -0.1) is 5.11 Å². The van der Waals surface area contributed by atoms with Crippen LogP contribution in [-0.4, -0.2) is 16.1 Å². The number of para-hydroxylation sites is 1. The number of benzene rings is 2. The summed E-state index contributed by atoms with van der Waals surface area (Å²) in [5, 5.41) is 17.5. The van der Waals surface area contributed by atoms with E-state index in [2.05, 4.69) is 15.2 Å². The third-order valence-electron chi connectivity index (χ3n) is 3.46. The third-order valence-corrected chi connectivity index (χ3v) is 3.46. The number of rotatable bonds is 4. The van der Waals surface area contributed by atoms with Gasteiger partial charge in [0.05, 0.1) is 11.9 Å². The number of aromatic hydroxyl groups is 1. The number of azo groups is 1. The molecule has 1 heterocycles. The summed E-state index contributed by atoms with van der Waals surface area (Å²) < 4.78 is 23.5. The van der Waals surface area contributed by atoms with Crippen molar-refractivity contribution in [1.29, 1.82) is 0 Å². The van der Waals surface area contributed by atoms with E-state index in [0.29, 0.717) is 16.8 Å². The summed E-state index contributed by atoms with van der Waals surface area (Å²) >= 11 is 0. The molecular formula is C18H14FN3O4. The minimum Gasteiger partial charge on any atom is -0.507 e. The van der Waals surface area contributed by atoms with Crippen molar-refractivity contribution in [1.82, 2.24) is 4.98 Å². The van der Waals surface area contributed by atoms with Crippen molar-refractivity contribution in [2.24, 2.45) is 10.2 Å². The molecule has 3 aromatic rings. The highest BCUT2D eigenvalue weighted by molar-refractivity contribution is 5.88. The molecule has 0 spiro atoms. The highest BCUT2D eigenvalue weighted by atomic mass is 19.1.